The highest BCUT2D eigenvalue weighted by Crippen LogP contribution is 2.26. The fraction of sp³-hybridized carbons (Fsp3) is 0.607. The van der Waals surface area contributed by atoms with Gasteiger partial charge in [-0.1, -0.05) is 88.7 Å². The number of aliphatic carboxylic acids is 1. The largest absolute Gasteiger partial charge is 0.504 e. The molecule has 32 heavy (non-hydrogen) atoms. The standard InChI is InChI=1S/C18H34O2.C10H12O2/c1-2-3-4-5-6-7-8-9-10-11-12-13-14-15-16-17-18(19)20;1-3-4-8-5-6-9(11)10(7-8)12-2/h9-10H,2-8,11-17H2,1H3,(H,19,20);3-7,11H,1-2H3. The summed E-state index contributed by atoms with van der Waals surface area (Å²) in [4.78, 5) is 10.3. The van der Waals surface area contributed by atoms with Gasteiger partial charge in [0.05, 0.1) is 7.11 Å². The molecule has 4 nitrogen and oxygen atoms in total. The van der Waals surface area contributed by atoms with Crippen molar-refractivity contribution in [1.82, 2.24) is 0 Å². The molecule has 0 atom stereocenters. The maximum absolute atomic E-state index is 10.3. The topological polar surface area (TPSA) is 66.8 Å². The Morgan fingerprint density at radius 2 is 1.47 bits per heavy atom. The Labute approximate surface area is 196 Å². The van der Waals surface area contributed by atoms with Gasteiger partial charge in [0.1, 0.15) is 0 Å². The second-order valence-corrected chi connectivity index (χ2v) is 8.16. The smallest absolute Gasteiger partial charge is 0.303 e. The van der Waals surface area contributed by atoms with Crippen molar-refractivity contribution in [2.45, 2.75) is 104 Å². The van der Waals surface area contributed by atoms with E-state index >= 15 is 0 Å². The molecular formula is C28H46O4. The number of hydrogen-bond acceptors (Lipinski definition) is 3. The Morgan fingerprint density at radius 3 is 2.00 bits per heavy atom. The molecule has 0 heterocycles. The summed E-state index contributed by atoms with van der Waals surface area (Å²) >= 11 is 0. The molecule has 2 N–H and O–H groups in total. The molecule has 0 unspecified atom stereocenters. The van der Waals surface area contributed by atoms with E-state index in [4.69, 9.17) is 9.84 Å². The van der Waals surface area contributed by atoms with Crippen LogP contribution in [0.4, 0.5) is 0 Å². The lowest BCUT2D eigenvalue weighted by Crippen LogP contribution is -1.93. The molecule has 1 rings (SSSR count). The zero-order valence-corrected chi connectivity index (χ0v) is 20.7. The third kappa shape index (κ3) is 18.5. The van der Waals surface area contributed by atoms with Crippen LogP contribution in [0.3, 0.4) is 0 Å². The number of phenolic OH excluding ortho intramolecular Hbond substituents is 1. The fourth-order valence-corrected chi connectivity index (χ4v) is 3.34. The number of aromatic hydroxyl groups is 1. The van der Waals surface area contributed by atoms with Crippen LogP contribution in [-0.4, -0.2) is 23.3 Å². The number of ether oxygens (including phenoxy) is 1. The number of phenols is 1. The quantitative estimate of drug-likeness (QED) is 0.186. The molecule has 1 aromatic carbocycles. The van der Waals surface area contributed by atoms with E-state index in [1.54, 1.807) is 12.1 Å². The predicted octanol–water partition coefficient (Wildman–Crippen LogP) is 8.54. The molecule has 182 valence electrons. The average molecular weight is 447 g/mol. The molecule has 1 aromatic rings. The SMILES string of the molecule is CC=Cc1ccc(O)c(OC)c1.CCCCCCCCC=CCCCCCCCC(=O)O. The van der Waals surface area contributed by atoms with Gasteiger partial charge in [-0.15, -0.1) is 0 Å². The Hall–Kier alpha value is -2.23. The van der Waals surface area contributed by atoms with Crippen LogP contribution in [0.2, 0.25) is 0 Å². The molecule has 0 spiro atoms. The minimum atomic E-state index is -0.664. The predicted molar refractivity (Wildman–Crippen MR) is 136 cm³/mol. The third-order valence-corrected chi connectivity index (χ3v) is 5.22. The van der Waals surface area contributed by atoms with Crippen LogP contribution in [0.1, 0.15) is 109 Å². The van der Waals surface area contributed by atoms with E-state index in [-0.39, 0.29) is 5.75 Å². The van der Waals surface area contributed by atoms with Crippen molar-refractivity contribution in [2.75, 3.05) is 7.11 Å². The normalized spacial score (nSPS) is 11.0. The third-order valence-electron chi connectivity index (χ3n) is 5.22. The first-order valence-electron chi connectivity index (χ1n) is 12.4. The molecule has 0 amide bonds. The summed E-state index contributed by atoms with van der Waals surface area (Å²) in [7, 11) is 1.54. The number of benzene rings is 1. The van der Waals surface area contributed by atoms with Gasteiger partial charge in [0.2, 0.25) is 0 Å². The minimum Gasteiger partial charge on any atom is -0.504 e. The van der Waals surface area contributed by atoms with E-state index in [1.165, 1.54) is 77.7 Å². The van der Waals surface area contributed by atoms with E-state index in [0.717, 1.165) is 18.4 Å². The molecule has 0 radical (unpaired) electrons. The summed E-state index contributed by atoms with van der Waals surface area (Å²) < 4.78 is 4.95. The lowest BCUT2D eigenvalue weighted by molar-refractivity contribution is -0.137. The second kappa shape index (κ2) is 22.0. The van der Waals surface area contributed by atoms with Gasteiger partial charge >= 0.3 is 5.97 Å². The Bertz CT molecular complexity index is 634. The van der Waals surface area contributed by atoms with Crippen LogP contribution < -0.4 is 4.74 Å². The monoisotopic (exact) mass is 446 g/mol. The Morgan fingerprint density at radius 1 is 0.906 bits per heavy atom. The molecule has 0 fully saturated rings. The zero-order valence-electron chi connectivity index (χ0n) is 20.7. The summed E-state index contributed by atoms with van der Waals surface area (Å²) in [5.74, 6) is 0.0129. The molecule has 0 aliphatic heterocycles. The number of carbonyl (C=O) groups is 1. The van der Waals surface area contributed by atoms with E-state index in [2.05, 4.69) is 19.1 Å². The number of carboxylic acids is 1. The van der Waals surface area contributed by atoms with Crippen molar-refractivity contribution < 1.29 is 19.7 Å². The summed E-state index contributed by atoms with van der Waals surface area (Å²) in [6, 6.07) is 5.24. The van der Waals surface area contributed by atoms with Gasteiger partial charge in [-0.05, 0) is 56.7 Å². The van der Waals surface area contributed by atoms with Gasteiger partial charge in [0.15, 0.2) is 11.5 Å². The number of hydrogen-bond donors (Lipinski definition) is 2. The first-order chi connectivity index (χ1) is 15.5. The molecule has 0 saturated heterocycles. The van der Waals surface area contributed by atoms with Crippen LogP contribution in [0.5, 0.6) is 11.5 Å². The number of allylic oxidation sites excluding steroid dienone is 3. The van der Waals surface area contributed by atoms with Crippen LogP contribution in [0.25, 0.3) is 6.08 Å². The van der Waals surface area contributed by atoms with E-state index < -0.39 is 5.97 Å². The number of rotatable bonds is 17. The summed E-state index contributed by atoms with van der Waals surface area (Å²) in [5, 5.41) is 17.8. The number of methoxy groups -OCH3 is 1. The fourth-order valence-electron chi connectivity index (χ4n) is 3.34. The van der Waals surface area contributed by atoms with Crippen molar-refractivity contribution in [3.63, 3.8) is 0 Å². The van der Waals surface area contributed by atoms with Crippen LogP contribution in [-0.2, 0) is 4.79 Å². The zero-order chi connectivity index (χ0) is 23.9. The summed E-state index contributed by atoms with van der Waals surface area (Å²) in [6.45, 7) is 4.20. The highest BCUT2D eigenvalue weighted by atomic mass is 16.5. The van der Waals surface area contributed by atoms with Crippen LogP contribution in [0, 0.1) is 0 Å². The van der Waals surface area contributed by atoms with E-state index in [0.29, 0.717) is 12.2 Å². The van der Waals surface area contributed by atoms with Gasteiger partial charge in [-0.2, -0.15) is 0 Å². The highest BCUT2D eigenvalue weighted by Gasteiger charge is 1.99. The molecule has 0 aliphatic rings. The molecule has 0 aliphatic carbocycles. The minimum absolute atomic E-state index is 0.172. The Kier molecular flexibility index (Phi) is 20.4. The molecule has 0 aromatic heterocycles. The summed E-state index contributed by atoms with van der Waals surface area (Å²) in [6.07, 6.45) is 25.1. The Balaban J connectivity index is 0.000000677. The van der Waals surface area contributed by atoms with Gasteiger partial charge in [-0.25, -0.2) is 0 Å². The van der Waals surface area contributed by atoms with Gasteiger partial charge in [0, 0.05) is 6.42 Å². The van der Waals surface area contributed by atoms with Crippen LogP contribution >= 0.6 is 0 Å². The lowest BCUT2D eigenvalue weighted by Gasteiger charge is -2.03. The van der Waals surface area contributed by atoms with E-state index in [1.807, 2.05) is 25.1 Å². The molecule has 0 bridgehead atoms. The average Bonchev–Trinajstić information content (AvgIpc) is 2.78. The van der Waals surface area contributed by atoms with Gasteiger partial charge in [0.25, 0.3) is 0 Å². The van der Waals surface area contributed by atoms with Crippen molar-refractivity contribution in [2.24, 2.45) is 0 Å². The maximum Gasteiger partial charge on any atom is 0.303 e. The highest BCUT2D eigenvalue weighted by molar-refractivity contribution is 5.66. The van der Waals surface area contributed by atoms with Gasteiger partial charge < -0.3 is 14.9 Å². The lowest BCUT2D eigenvalue weighted by atomic mass is 10.1. The summed E-state index contributed by atoms with van der Waals surface area (Å²) in [5.41, 5.74) is 1.02. The molecule has 4 heteroatoms. The van der Waals surface area contributed by atoms with Crippen LogP contribution in [0.15, 0.2) is 36.4 Å². The first kappa shape index (κ1) is 29.8. The number of carboxylic acid groups (broad SMARTS) is 1. The number of unbranched alkanes of at least 4 members (excludes halogenated alkanes) is 11. The van der Waals surface area contributed by atoms with E-state index in [9.17, 15) is 9.90 Å². The molecular weight excluding hydrogens is 400 g/mol. The van der Waals surface area contributed by atoms with Crippen molar-refractivity contribution in [1.29, 1.82) is 0 Å². The van der Waals surface area contributed by atoms with Crippen molar-refractivity contribution >= 4 is 12.0 Å². The first-order valence-corrected chi connectivity index (χ1v) is 12.4. The van der Waals surface area contributed by atoms with Crippen molar-refractivity contribution in [3.8, 4) is 11.5 Å². The second-order valence-electron chi connectivity index (χ2n) is 8.16. The molecule has 0 saturated carbocycles. The van der Waals surface area contributed by atoms with Crippen molar-refractivity contribution in [3.05, 3.63) is 42.0 Å². The maximum atomic E-state index is 10.3. The van der Waals surface area contributed by atoms with Gasteiger partial charge in [-0.3, -0.25) is 4.79 Å².